The highest BCUT2D eigenvalue weighted by molar-refractivity contribution is 5.33. The van der Waals surface area contributed by atoms with Gasteiger partial charge in [-0.15, -0.1) is 0 Å². The van der Waals surface area contributed by atoms with Crippen LogP contribution >= 0.6 is 0 Å². The Bertz CT molecular complexity index is 648. The zero-order valence-electron chi connectivity index (χ0n) is 16.3. The summed E-state index contributed by atoms with van der Waals surface area (Å²) in [7, 11) is 4.38. The summed E-state index contributed by atoms with van der Waals surface area (Å²) in [6, 6.07) is 9.11. The molecule has 1 aliphatic heterocycles. The van der Waals surface area contributed by atoms with Crippen LogP contribution in [0, 0.1) is 5.92 Å². The predicted octanol–water partition coefficient (Wildman–Crippen LogP) is 3.12. The monoisotopic (exact) mass is 356 g/mol. The number of hydrogen-bond acceptors (Lipinski definition) is 4. The highest BCUT2D eigenvalue weighted by Gasteiger charge is 2.25. The highest BCUT2D eigenvalue weighted by Crippen LogP contribution is 2.26. The highest BCUT2D eigenvalue weighted by atomic mass is 16.5. The van der Waals surface area contributed by atoms with Crippen molar-refractivity contribution in [2.45, 2.75) is 38.9 Å². The Morgan fingerprint density at radius 2 is 2.00 bits per heavy atom. The van der Waals surface area contributed by atoms with Gasteiger partial charge >= 0.3 is 0 Å². The average Bonchev–Trinajstić information content (AvgIpc) is 3.16. The zero-order valence-corrected chi connectivity index (χ0v) is 16.3. The lowest BCUT2D eigenvalue weighted by molar-refractivity contribution is 0.120. The van der Waals surface area contributed by atoms with Crippen molar-refractivity contribution in [1.82, 2.24) is 19.4 Å². The molecule has 1 fully saturated rings. The van der Waals surface area contributed by atoms with E-state index in [0.29, 0.717) is 12.6 Å². The van der Waals surface area contributed by atoms with Gasteiger partial charge in [-0.2, -0.15) is 0 Å². The van der Waals surface area contributed by atoms with Crippen molar-refractivity contribution in [3.05, 3.63) is 48.5 Å². The molecule has 1 aromatic heterocycles. The molecular formula is C21H32N4O. The number of nitrogens with zero attached hydrogens (tertiary/aromatic N) is 4. The predicted molar refractivity (Wildman–Crippen MR) is 105 cm³/mol. The van der Waals surface area contributed by atoms with Crippen molar-refractivity contribution in [3.63, 3.8) is 0 Å². The fourth-order valence-electron chi connectivity index (χ4n) is 3.71. The zero-order chi connectivity index (χ0) is 18.4. The lowest BCUT2D eigenvalue weighted by atomic mass is 9.89. The molecule has 2 heterocycles. The van der Waals surface area contributed by atoms with E-state index in [9.17, 15) is 0 Å². The van der Waals surface area contributed by atoms with Crippen LogP contribution in [0.15, 0.2) is 43.0 Å². The quantitative estimate of drug-likeness (QED) is 0.728. The molecule has 5 nitrogen and oxygen atoms in total. The minimum atomic E-state index is 0.662. The number of piperidine rings is 1. The van der Waals surface area contributed by atoms with Gasteiger partial charge in [-0.1, -0.05) is 18.2 Å². The molecule has 0 saturated carbocycles. The van der Waals surface area contributed by atoms with E-state index in [0.717, 1.165) is 24.8 Å². The Kier molecular flexibility index (Phi) is 6.69. The number of benzene rings is 1. The number of ether oxygens (including phenoxy) is 1. The number of hydrogen-bond donors (Lipinski definition) is 0. The minimum Gasteiger partial charge on any atom is -0.491 e. The number of aromatic nitrogens is 2. The summed E-state index contributed by atoms with van der Waals surface area (Å²) in [5.74, 6) is 1.82. The van der Waals surface area contributed by atoms with Crippen molar-refractivity contribution >= 4 is 0 Å². The third-order valence-corrected chi connectivity index (χ3v) is 5.66. The smallest absolute Gasteiger partial charge is 0.123 e. The SMILES string of the molecule is CC(C1CCN(Cc2ccccc2OCCn2ccnc2)CC1)N(C)C. The van der Waals surface area contributed by atoms with Gasteiger partial charge in [0.2, 0.25) is 0 Å². The summed E-state index contributed by atoms with van der Waals surface area (Å²) < 4.78 is 8.10. The van der Waals surface area contributed by atoms with Crippen molar-refractivity contribution in [1.29, 1.82) is 0 Å². The van der Waals surface area contributed by atoms with Crippen LogP contribution in [0.1, 0.15) is 25.3 Å². The topological polar surface area (TPSA) is 33.5 Å². The van der Waals surface area contributed by atoms with Crippen LogP contribution in [0.5, 0.6) is 5.75 Å². The van der Waals surface area contributed by atoms with E-state index in [1.165, 1.54) is 31.5 Å². The summed E-state index contributed by atoms with van der Waals surface area (Å²) in [6.07, 6.45) is 8.16. The van der Waals surface area contributed by atoms with Crippen molar-refractivity contribution in [3.8, 4) is 5.75 Å². The number of likely N-dealkylation sites (tertiary alicyclic amines) is 1. The van der Waals surface area contributed by atoms with Crippen LogP contribution in [0.3, 0.4) is 0 Å². The summed E-state index contributed by atoms with van der Waals surface area (Å²) in [5.41, 5.74) is 1.29. The first-order chi connectivity index (χ1) is 12.6. The van der Waals surface area contributed by atoms with E-state index >= 15 is 0 Å². The van der Waals surface area contributed by atoms with Crippen LogP contribution in [0.2, 0.25) is 0 Å². The van der Waals surface area contributed by atoms with Crippen molar-refractivity contribution in [2.24, 2.45) is 5.92 Å². The molecule has 0 amide bonds. The maximum absolute atomic E-state index is 6.06. The van der Waals surface area contributed by atoms with E-state index in [4.69, 9.17) is 4.74 Å². The van der Waals surface area contributed by atoms with E-state index < -0.39 is 0 Å². The fourth-order valence-corrected chi connectivity index (χ4v) is 3.71. The van der Waals surface area contributed by atoms with Crippen molar-refractivity contribution in [2.75, 3.05) is 33.8 Å². The average molecular weight is 357 g/mol. The standard InChI is InChI=1S/C21H32N4O/c1-18(23(2)3)19-8-11-24(12-9-19)16-20-6-4-5-7-21(20)26-15-14-25-13-10-22-17-25/h4-7,10,13,17-19H,8-9,11-12,14-16H2,1-3H3. The van der Waals surface area contributed by atoms with Gasteiger partial charge in [0.15, 0.2) is 0 Å². The van der Waals surface area contributed by atoms with Gasteiger partial charge in [-0.25, -0.2) is 4.98 Å². The van der Waals surface area contributed by atoms with Crippen LogP contribution in [0.4, 0.5) is 0 Å². The molecule has 1 unspecified atom stereocenters. The number of rotatable bonds is 8. The van der Waals surface area contributed by atoms with Gasteiger partial charge in [-0.05, 0) is 58.9 Å². The molecule has 26 heavy (non-hydrogen) atoms. The molecule has 1 atom stereocenters. The van der Waals surface area contributed by atoms with Gasteiger partial charge in [-0.3, -0.25) is 4.90 Å². The Hall–Kier alpha value is -1.85. The summed E-state index contributed by atoms with van der Waals surface area (Å²) >= 11 is 0. The molecular weight excluding hydrogens is 324 g/mol. The summed E-state index contributed by atoms with van der Waals surface area (Å²) in [4.78, 5) is 8.99. The minimum absolute atomic E-state index is 0.662. The Balaban J connectivity index is 1.50. The van der Waals surface area contributed by atoms with Crippen LogP contribution < -0.4 is 4.74 Å². The molecule has 5 heteroatoms. The Morgan fingerprint density at radius 3 is 2.69 bits per heavy atom. The van der Waals surface area contributed by atoms with E-state index in [1.807, 2.05) is 17.1 Å². The van der Waals surface area contributed by atoms with Crippen LogP contribution in [0.25, 0.3) is 0 Å². The van der Waals surface area contributed by atoms with Gasteiger partial charge in [0.25, 0.3) is 0 Å². The second-order valence-corrected chi connectivity index (χ2v) is 7.57. The van der Waals surface area contributed by atoms with Gasteiger partial charge in [0.1, 0.15) is 12.4 Å². The molecule has 0 radical (unpaired) electrons. The van der Waals surface area contributed by atoms with E-state index in [2.05, 4.69) is 60.1 Å². The summed E-state index contributed by atoms with van der Waals surface area (Å²) in [5, 5.41) is 0. The lowest BCUT2D eigenvalue weighted by Crippen LogP contribution is -2.41. The molecule has 0 aliphatic carbocycles. The first-order valence-electron chi connectivity index (χ1n) is 9.68. The number of para-hydroxylation sites is 1. The summed E-state index contributed by atoms with van der Waals surface area (Å²) in [6.45, 7) is 7.16. The van der Waals surface area contributed by atoms with Crippen molar-refractivity contribution < 1.29 is 4.74 Å². The first-order valence-corrected chi connectivity index (χ1v) is 9.68. The van der Waals surface area contributed by atoms with E-state index in [-0.39, 0.29) is 0 Å². The van der Waals surface area contributed by atoms with Crippen LogP contribution in [-0.2, 0) is 13.1 Å². The molecule has 2 aromatic rings. The lowest BCUT2D eigenvalue weighted by Gasteiger charge is -2.37. The molecule has 0 bridgehead atoms. The maximum Gasteiger partial charge on any atom is 0.123 e. The molecule has 0 spiro atoms. The van der Waals surface area contributed by atoms with E-state index in [1.54, 1.807) is 6.20 Å². The third kappa shape index (κ3) is 5.08. The maximum atomic E-state index is 6.06. The molecule has 3 rings (SSSR count). The largest absolute Gasteiger partial charge is 0.491 e. The third-order valence-electron chi connectivity index (χ3n) is 5.66. The number of imidazole rings is 1. The molecule has 0 N–H and O–H groups in total. The first kappa shape index (κ1) is 18.9. The molecule has 1 saturated heterocycles. The fraction of sp³-hybridized carbons (Fsp3) is 0.571. The van der Waals surface area contributed by atoms with Gasteiger partial charge in [0, 0.05) is 30.5 Å². The van der Waals surface area contributed by atoms with Gasteiger partial charge in [0.05, 0.1) is 12.9 Å². The Morgan fingerprint density at radius 1 is 1.23 bits per heavy atom. The molecule has 1 aliphatic rings. The molecule has 1 aromatic carbocycles. The normalized spacial score (nSPS) is 17.5. The Labute approximate surface area is 157 Å². The molecule has 142 valence electrons. The second-order valence-electron chi connectivity index (χ2n) is 7.57. The second kappa shape index (κ2) is 9.19. The van der Waals surface area contributed by atoms with Gasteiger partial charge < -0.3 is 14.2 Å². The van der Waals surface area contributed by atoms with Crippen LogP contribution in [-0.4, -0.2) is 59.2 Å².